The van der Waals surface area contributed by atoms with Crippen LogP contribution in [0.25, 0.3) is 0 Å². The largest absolute Gasteiger partial charge is 0.508 e. The van der Waals surface area contributed by atoms with Crippen LogP contribution in [-0.4, -0.2) is 30.6 Å². The first kappa shape index (κ1) is 18.6. The maximum atomic E-state index is 11.4. The minimum absolute atomic E-state index is 0.0501. The Labute approximate surface area is 119 Å². The summed E-state index contributed by atoms with van der Waals surface area (Å²) in [7, 11) is 2.53. The Morgan fingerprint density at radius 1 is 1.37 bits per heavy atom. The maximum absolute atomic E-state index is 11.4. The van der Waals surface area contributed by atoms with Crippen LogP contribution in [0.2, 0.25) is 0 Å². The van der Waals surface area contributed by atoms with Crippen molar-refractivity contribution < 1.29 is 14.3 Å². The fourth-order valence-corrected chi connectivity index (χ4v) is 1.97. The smallest absolute Gasteiger partial charge is 0.433 e. The molecule has 0 aromatic rings. The first-order valence-electron chi connectivity index (χ1n) is 6.95. The van der Waals surface area contributed by atoms with E-state index in [-0.39, 0.29) is 17.8 Å². The Balaban J connectivity index is 4.03. The zero-order chi connectivity index (χ0) is 14.9. The van der Waals surface area contributed by atoms with Gasteiger partial charge in [0.2, 0.25) is 0 Å². The number of carbonyl (C=O) groups is 1. The molecule has 0 aliphatic rings. The van der Waals surface area contributed by atoms with Crippen molar-refractivity contribution in [2.75, 3.05) is 6.61 Å². The Bertz CT molecular complexity index is 266. The monoisotopic (exact) mass is 292 g/mol. The normalized spacial score (nSPS) is 17.4. The van der Waals surface area contributed by atoms with E-state index in [1.807, 2.05) is 20.8 Å². The summed E-state index contributed by atoms with van der Waals surface area (Å²) in [6.07, 6.45) is 2.13. The second-order valence-corrected chi connectivity index (χ2v) is 5.46. The average molecular weight is 292 g/mol. The van der Waals surface area contributed by atoms with Crippen molar-refractivity contribution in [2.45, 2.75) is 71.7 Å². The standard InChI is InChI=1S/C13H29N2O3P/c1-6-8-13(5,15-19)14-10(3)9-17-12(16)18-11(4)7-2/h10-11,14-15H,6-9,19H2,1-5H3/t10-,11?,13?/m1/s1. The summed E-state index contributed by atoms with van der Waals surface area (Å²) < 4.78 is 10.1. The van der Waals surface area contributed by atoms with Crippen molar-refractivity contribution in [1.82, 2.24) is 10.4 Å². The fourth-order valence-electron chi connectivity index (χ4n) is 1.75. The third-order valence-electron chi connectivity index (χ3n) is 2.96. The molecule has 19 heavy (non-hydrogen) atoms. The zero-order valence-corrected chi connectivity index (χ0v) is 13.9. The van der Waals surface area contributed by atoms with E-state index in [1.54, 1.807) is 0 Å². The lowest BCUT2D eigenvalue weighted by Crippen LogP contribution is -2.55. The van der Waals surface area contributed by atoms with Crippen LogP contribution >= 0.6 is 9.39 Å². The van der Waals surface area contributed by atoms with E-state index in [0.717, 1.165) is 19.3 Å². The van der Waals surface area contributed by atoms with Crippen LogP contribution in [0.15, 0.2) is 0 Å². The van der Waals surface area contributed by atoms with Gasteiger partial charge in [0.25, 0.3) is 0 Å². The van der Waals surface area contributed by atoms with E-state index in [1.165, 1.54) is 0 Å². The highest BCUT2D eigenvalue weighted by molar-refractivity contribution is 7.13. The number of rotatable bonds is 9. The van der Waals surface area contributed by atoms with Crippen molar-refractivity contribution in [1.29, 1.82) is 0 Å². The molecule has 6 heteroatoms. The Hall–Kier alpha value is -0.380. The number of ether oxygens (including phenoxy) is 2. The molecule has 0 aliphatic carbocycles. The highest BCUT2D eigenvalue weighted by Crippen LogP contribution is 2.11. The van der Waals surface area contributed by atoms with Gasteiger partial charge < -0.3 is 9.47 Å². The van der Waals surface area contributed by atoms with Crippen LogP contribution in [0.4, 0.5) is 4.79 Å². The molecule has 0 saturated carbocycles. The summed E-state index contributed by atoms with van der Waals surface area (Å²) in [6.45, 7) is 10.3. The molecule has 0 heterocycles. The summed E-state index contributed by atoms with van der Waals surface area (Å²) in [4.78, 5) is 11.4. The Kier molecular flexibility index (Phi) is 9.32. The van der Waals surface area contributed by atoms with E-state index in [0.29, 0.717) is 6.61 Å². The molecule has 3 unspecified atom stereocenters. The van der Waals surface area contributed by atoms with Crippen LogP contribution < -0.4 is 10.4 Å². The molecule has 0 saturated heterocycles. The predicted octanol–water partition coefficient (Wildman–Crippen LogP) is 2.81. The van der Waals surface area contributed by atoms with E-state index in [2.05, 4.69) is 33.6 Å². The molecule has 0 aromatic heterocycles. The van der Waals surface area contributed by atoms with Gasteiger partial charge in [-0.05, 0) is 33.6 Å². The van der Waals surface area contributed by atoms with E-state index in [9.17, 15) is 4.79 Å². The molecule has 0 fully saturated rings. The van der Waals surface area contributed by atoms with Crippen LogP contribution in [0.5, 0.6) is 0 Å². The third-order valence-corrected chi connectivity index (χ3v) is 3.59. The second kappa shape index (κ2) is 9.51. The van der Waals surface area contributed by atoms with Gasteiger partial charge in [-0.25, -0.2) is 4.79 Å². The highest BCUT2D eigenvalue weighted by atomic mass is 31.0. The third kappa shape index (κ3) is 8.40. The quantitative estimate of drug-likeness (QED) is 0.389. The van der Waals surface area contributed by atoms with Gasteiger partial charge in [-0.3, -0.25) is 10.4 Å². The molecular weight excluding hydrogens is 263 g/mol. The van der Waals surface area contributed by atoms with E-state index >= 15 is 0 Å². The topological polar surface area (TPSA) is 59.6 Å². The Morgan fingerprint density at radius 3 is 2.47 bits per heavy atom. The molecule has 0 radical (unpaired) electrons. The van der Waals surface area contributed by atoms with Gasteiger partial charge >= 0.3 is 6.16 Å². The van der Waals surface area contributed by atoms with Crippen LogP contribution in [0.1, 0.15) is 53.9 Å². The second-order valence-electron chi connectivity index (χ2n) is 5.17. The SMILES string of the molecule is CCCC(C)(NP)N[C@H](C)COC(=O)OC(C)CC. The van der Waals surface area contributed by atoms with Crippen molar-refractivity contribution in [2.24, 2.45) is 0 Å². The summed E-state index contributed by atoms with van der Waals surface area (Å²) in [5.74, 6) is 0. The van der Waals surface area contributed by atoms with Crippen LogP contribution in [-0.2, 0) is 9.47 Å². The number of hydrogen-bond donors (Lipinski definition) is 2. The van der Waals surface area contributed by atoms with Gasteiger partial charge in [0.1, 0.15) is 12.7 Å². The minimum atomic E-state index is -0.598. The van der Waals surface area contributed by atoms with Gasteiger partial charge in [0, 0.05) is 6.04 Å². The van der Waals surface area contributed by atoms with Gasteiger partial charge in [0.05, 0.1) is 5.66 Å². The first-order chi connectivity index (χ1) is 8.86. The summed E-state index contributed by atoms with van der Waals surface area (Å²) in [5.41, 5.74) is -0.178. The lowest BCUT2D eigenvalue weighted by atomic mass is 10.1. The first-order valence-corrected chi connectivity index (χ1v) is 7.53. The summed E-state index contributed by atoms with van der Waals surface area (Å²) in [6, 6.07) is 0.0501. The minimum Gasteiger partial charge on any atom is -0.433 e. The van der Waals surface area contributed by atoms with Gasteiger partial charge in [-0.2, -0.15) is 0 Å². The predicted molar refractivity (Wildman–Crippen MR) is 80.9 cm³/mol. The lowest BCUT2D eigenvalue weighted by Gasteiger charge is -2.33. The fraction of sp³-hybridized carbons (Fsp3) is 0.923. The molecule has 0 aromatic carbocycles. The van der Waals surface area contributed by atoms with Crippen LogP contribution in [0.3, 0.4) is 0 Å². The van der Waals surface area contributed by atoms with E-state index < -0.39 is 6.16 Å². The van der Waals surface area contributed by atoms with Crippen molar-refractivity contribution >= 4 is 15.5 Å². The number of hydrogen-bond acceptors (Lipinski definition) is 5. The van der Waals surface area contributed by atoms with Gasteiger partial charge in [0.15, 0.2) is 0 Å². The van der Waals surface area contributed by atoms with Crippen LogP contribution in [0, 0.1) is 0 Å². The highest BCUT2D eigenvalue weighted by Gasteiger charge is 2.23. The van der Waals surface area contributed by atoms with Crippen molar-refractivity contribution in [3.8, 4) is 0 Å². The van der Waals surface area contributed by atoms with Crippen molar-refractivity contribution in [3.63, 3.8) is 0 Å². The number of nitrogens with one attached hydrogen (secondary N) is 2. The molecule has 0 spiro atoms. The summed E-state index contributed by atoms with van der Waals surface area (Å²) >= 11 is 0. The molecule has 0 bridgehead atoms. The zero-order valence-electron chi connectivity index (χ0n) is 12.8. The Morgan fingerprint density at radius 2 is 2.00 bits per heavy atom. The van der Waals surface area contributed by atoms with Gasteiger partial charge in [-0.1, -0.05) is 29.7 Å². The molecule has 0 rings (SSSR count). The molecule has 5 nitrogen and oxygen atoms in total. The molecule has 0 amide bonds. The molecule has 2 N–H and O–H groups in total. The molecule has 4 atom stereocenters. The summed E-state index contributed by atoms with van der Waals surface area (Å²) in [5, 5.41) is 6.57. The molecule has 0 aliphatic heterocycles. The van der Waals surface area contributed by atoms with E-state index in [4.69, 9.17) is 9.47 Å². The molecular formula is C13H29N2O3P. The average Bonchev–Trinajstić information content (AvgIpc) is 2.36. The molecule has 114 valence electrons. The lowest BCUT2D eigenvalue weighted by molar-refractivity contribution is 0.0217. The van der Waals surface area contributed by atoms with Gasteiger partial charge in [-0.15, -0.1) is 0 Å². The number of carbonyl (C=O) groups excluding carboxylic acids is 1. The van der Waals surface area contributed by atoms with Crippen molar-refractivity contribution in [3.05, 3.63) is 0 Å². The maximum Gasteiger partial charge on any atom is 0.508 e.